The number of nitrogens with two attached hydrogens (primary N) is 1. The Morgan fingerprint density at radius 3 is 2.72 bits per heavy atom. The number of halogens is 1. The third-order valence-corrected chi connectivity index (χ3v) is 3.40. The highest BCUT2D eigenvalue weighted by molar-refractivity contribution is 8.00. The summed E-state index contributed by atoms with van der Waals surface area (Å²) in [5.74, 6) is 0.0384. The van der Waals surface area contributed by atoms with Gasteiger partial charge >= 0.3 is 0 Å². The fourth-order valence-corrected chi connectivity index (χ4v) is 2.20. The molecule has 0 saturated heterocycles. The van der Waals surface area contributed by atoms with Crippen molar-refractivity contribution in [2.75, 3.05) is 16.8 Å². The van der Waals surface area contributed by atoms with Crippen LogP contribution in [0.5, 0.6) is 0 Å². The molecular weight excluding hydrogens is 251 g/mol. The summed E-state index contributed by atoms with van der Waals surface area (Å²) in [5.41, 5.74) is 6.10. The number of amides is 1. The van der Waals surface area contributed by atoms with Gasteiger partial charge in [-0.05, 0) is 18.2 Å². The van der Waals surface area contributed by atoms with Gasteiger partial charge in [-0.15, -0.1) is 0 Å². The van der Waals surface area contributed by atoms with Crippen molar-refractivity contribution in [3.05, 3.63) is 24.0 Å². The number of anilines is 2. The molecule has 3 N–H and O–H groups in total. The van der Waals surface area contributed by atoms with Gasteiger partial charge in [0.1, 0.15) is 5.82 Å². The lowest BCUT2D eigenvalue weighted by Gasteiger charge is -2.17. The highest BCUT2D eigenvalue weighted by Crippen LogP contribution is 2.24. The van der Waals surface area contributed by atoms with E-state index in [2.05, 4.69) is 26.1 Å². The molecule has 1 aromatic rings. The fourth-order valence-electron chi connectivity index (χ4n) is 1.30. The maximum Gasteiger partial charge on any atom is 0.225 e. The van der Waals surface area contributed by atoms with Gasteiger partial charge in [-0.25, -0.2) is 4.39 Å². The van der Waals surface area contributed by atoms with Crippen LogP contribution in [0.3, 0.4) is 0 Å². The minimum atomic E-state index is -0.471. The van der Waals surface area contributed by atoms with Crippen molar-refractivity contribution in [1.29, 1.82) is 0 Å². The predicted octanol–water partition coefficient (Wildman–Crippen LogP) is 3.27. The van der Waals surface area contributed by atoms with Crippen LogP contribution in [-0.2, 0) is 4.79 Å². The molecule has 1 aromatic carbocycles. The molecule has 18 heavy (non-hydrogen) atoms. The zero-order valence-corrected chi connectivity index (χ0v) is 11.7. The smallest absolute Gasteiger partial charge is 0.225 e. The van der Waals surface area contributed by atoms with E-state index in [1.807, 2.05) is 0 Å². The summed E-state index contributed by atoms with van der Waals surface area (Å²) in [4.78, 5) is 11.6. The molecule has 0 saturated carbocycles. The Balaban J connectivity index is 2.47. The van der Waals surface area contributed by atoms with Gasteiger partial charge in [0.15, 0.2) is 0 Å². The lowest BCUT2D eigenvalue weighted by atomic mass is 10.2. The highest BCUT2D eigenvalue weighted by Gasteiger charge is 2.12. The molecule has 0 bridgehead atoms. The van der Waals surface area contributed by atoms with Crippen LogP contribution in [-0.4, -0.2) is 16.4 Å². The van der Waals surface area contributed by atoms with E-state index in [4.69, 9.17) is 5.73 Å². The second-order valence-corrected chi connectivity index (χ2v) is 6.92. The molecule has 100 valence electrons. The second kappa shape index (κ2) is 6.09. The van der Waals surface area contributed by atoms with Crippen LogP contribution in [0.1, 0.15) is 27.2 Å². The molecule has 0 aliphatic carbocycles. The number of nitrogen functional groups attached to an aromatic ring is 1. The standard InChI is InChI=1S/C13H19FN2OS/c1-13(2,3)18-7-6-12(17)16-11-8-9(15)4-5-10(11)14/h4-5,8H,6-7,15H2,1-3H3,(H,16,17). The third-order valence-electron chi connectivity index (χ3n) is 2.13. The van der Waals surface area contributed by atoms with Crippen LogP contribution in [0.25, 0.3) is 0 Å². The minimum absolute atomic E-state index is 0.128. The highest BCUT2D eigenvalue weighted by atomic mass is 32.2. The van der Waals surface area contributed by atoms with Gasteiger partial charge in [-0.3, -0.25) is 4.79 Å². The van der Waals surface area contributed by atoms with Crippen molar-refractivity contribution in [2.24, 2.45) is 0 Å². The topological polar surface area (TPSA) is 55.1 Å². The molecule has 0 fully saturated rings. The number of thioether (sulfide) groups is 1. The molecular formula is C13H19FN2OS. The number of hydrogen-bond donors (Lipinski definition) is 2. The maximum atomic E-state index is 13.4. The van der Waals surface area contributed by atoms with Gasteiger partial charge in [0, 0.05) is 22.6 Å². The predicted molar refractivity (Wildman–Crippen MR) is 76.3 cm³/mol. The first-order valence-electron chi connectivity index (χ1n) is 5.77. The van der Waals surface area contributed by atoms with Crippen molar-refractivity contribution in [1.82, 2.24) is 0 Å². The molecule has 3 nitrogen and oxygen atoms in total. The molecule has 0 heterocycles. The molecule has 0 aromatic heterocycles. The SMILES string of the molecule is CC(C)(C)SCCC(=O)Nc1cc(N)ccc1F. The van der Waals surface area contributed by atoms with E-state index in [-0.39, 0.29) is 16.3 Å². The lowest BCUT2D eigenvalue weighted by Crippen LogP contribution is -2.16. The quantitative estimate of drug-likeness (QED) is 0.826. The molecule has 5 heteroatoms. The Labute approximate surface area is 111 Å². The Bertz CT molecular complexity index is 429. The van der Waals surface area contributed by atoms with E-state index >= 15 is 0 Å². The largest absolute Gasteiger partial charge is 0.399 e. The zero-order valence-electron chi connectivity index (χ0n) is 10.9. The van der Waals surface area contributed by atoms with Gasteiger partial charge in [-0.1, -0.05) is 20.8 Å². The Morgan fingerprint density at radius 2 is 2.11 bits per heavy atom. The van der Waals surface area contributed by atoms with Crippen molar-refractivity contribution in [3.63, 3.8) is 0 Å². The van der Waals surface area contributed by atoms with Crippen LogP contribution in [0.4, 0.5) is 15.8 Å². The van der Waals surface area contributed by atoms with Crippen molar-refractivity contribution in [3.8, 4) is 0 Å². The maximum absolute atomic E-state index is 13.4. The number of benzene rings is 1. The minimum Gasteiger partial charge on any atom is -0.399 e. The summed E-state index contributed by atoms with van der Waals surface area (Å²) >= 11 is 1.70. The normalized spacial score (nSPS) is 11.3. The third kappa shape index (κ3) is 5.40. The molecule has 0 radical (unpaired) electrons. The average Bonchev–Trinajstić information content (AvgIpc) is 2.21. The van der Waals surface area contributed by atoms with Crippen LogP contribution < -0.4 is 11.1 Å². The van der Waals surface area contributed by atoms with Crippen molar-refractivity contribution in [2.45, 2.75) is 31.9 Å². The average molecular weight is 270 g/mol. The van der Waals surface area contributed by atoms with E-state index in [0.717, 1.165) is 0 Å². The van der Waals surface area contributed by atoms with E-state index in [0.29, 0.717) is 17.9 Å². The van der Waals surface area contributed by atoms with Gasteiger partial charge < -0.3 is 11.1 Å². The Kier molecular flexibility index (Phi) is 5.02. The molecule has 0 aliphatic heterocycles. The molecule has 0 atom stereocenters. The van der Waals surface area contributed by atoms with Gasteiger partial charge in [0.25, 0.3) is 0 Å². The van der Waals surface area contributed by atoms with Crippen LogP contribution in [0, 0.1) is 5.82 Å². The number of rotatable bonds is 4. The summed E-state index contributed by atoms with van der Waals surface area (Å²) in [6.07, 6.45) is 0.357. The second-order valence-electron chi connectivity index (χ2n) is 5.00. The van der Waals surface area contributed by atoms with E-state index in [9.17, 15) is 9.18 Å². The Hall–Kier alpha value is -1.23. The zero-order chi connectivity index (χ0) is 13.8. The van der Waals surface area contributed by atoms with Gasteiger partial charge in [0.2, 0.25) is 5.91 Å². The number of carbonyl (C=O) groups excluding carboxylic acids is 1. The van der Waals surface area contributed by atoms with Crippen LogP contribution >= 0.6 is 11.8 Å². The molecule has 1 amide bonds. The summed E-state index contributed by atoms with van der Waals surface area (Å²) in [7, 11) is 0. The molecule has 0 spiro atoms. The van der Waals surface area contributed by atoms with E-state index < -0.39 is 5.82 Å². The summed E-state index contributed by atoms with van der Waals surface area (Å²) in [6, 6.07) is 4.12. The summed E-state index contributed by atoms with van der Waals surface area (Å²) in [5, 5.41) is 2.53. The van der Waals surface area contributed by atoms with E-state index in [1.165, 1.54) is 18.2 Å². The molecule has 0 unspecified atom stereocenters. The fraction of sp³-hybridized carbons (Fsp3) is 0.462. The Morgan fingerprint density at radius 1 is 1.44 bits per heavy atom. The summed E-state index contributed by atoms with van der Waals surface area (Å²) in [6.45, 7) is 6.27. The first kappa shape index (κ1) is 14.8. The van der Waals surface area contributed by atoms with Crippen LogP contribution in [0.15, 0.2) is 18.2 Å². The van der Waals surface area contributed by atoms with Crippen molar-refractivity contribution >= 4 is 29.0 Å². The van der Waals surface area contributed by atoms with Gasteiger partial charge in [0.05, 0.1) is 5.69 Å². The number of hydrogen-bond acceptors (Lipinski definition) is 3. The van der Waals surface area contributed by atoms with Gasteiger partial charge in [-0.2, -0.15) is 11.8 Å². The molecule has 1 rings (SSSR count). The number of nitrogens with one attached hydrogen (secondary N) is 1. The first-order valence-corrected chi connectivity index (χ1v) is 6.75. The lowest BCUT2D eigenvalue weighted by molar-refractivity contribution is -0.115. The molecule has 0 aliphatic rings. The summed E-state index contributed by atoms with van der Waals surface area (Å²) < 4.78 is 13.5. The van der Waals surface area contributed by atoms with E-state index in [1.54, 1.807) is 11.8 Å². The number of carbonyl (C=O) groups is 1. The first-order chi connectivity index (χ1) is 8.28. The monoisotopic (exact) mass is 270 g/mol. The van der Waals surface area contributed by atoms with Crippen molar-refractivity contribution < 1.29 is 9.18 Å². The van der Waals surface area contributed by atoms with Crippen LogP contribution in [0.2, 0.25) is 0 Å².